The highest BCUT2D eigenvalue weighted by atomic mass is 35.5. The number of ether oxygens (including phenoxy) is 2. The molecule has 2 N–H and O–H groups in total. The van der Waals surface area contributed by atoms with Gasteiger partial charge in [-0.15, -0.1) is 12.4 Å². The first-order valence-electron chi connectivity index (χ1n) is 11.0. The lowest BCUT2D eigenvalue weighted by Crippen LogP contribution is -2.52. The van der Waals surface area contributed by atoms with Crippen molar-refractivity contribution in [3.63, 3.8) is 0 Å². The van der Waals surface area contributed by atoms with Crippen molar-refractivity contribution in [1.82, 2.24) is 10.6 Å². The number of morpholine rings is 1. The average molecular weight is 409 g/mol. The second-order valence-corrected chi connectivity index (χ2v) is 8.79. The topological polar surface area (TPSA) is 42.5 Å². The van der Waals surface area contributed by atoms with Gasteiger partial charge in [0.2, 0.25) is 0 Å². The Morgan fingerprint density at radius 2 is 1.89 bits per heavy atom. The minimum Gasteiger partial charge on any atom is -0.497 e. The molecule has 158 valence electrons. The molecule has 4 rings (SSSR count). The highest BCUT2D eigenvalue weighted by Crippen LogP contribution is 2.40. The predicted molar refractivity (Wildman–Crippen MR) is 117 cm³/mol. The fourth-order valence-electron chi connectivity index (χ4n) is 5.65. The molecule has 2 saturated carbocycles. The van der Waals surface area contributed by atoms with Gasteiger partial charge in [-0.3, -0.25) is 0 Å². The van der Waals surface area contributed by atoms with E-state index in [1.165, 1.54) is 56.9 Å². The van der Waals surface area contributed by atoms with Gasteiger partial charge in [-0.05, 0) is 49.3 Å². The number of benzene rings is 1. The molecular weight excluding hydrogens is 372 g/mol. The van der Waals surface area contributed by atoms with Gasteiger partial charge >= 0.3 is 0 Å². The van der Waals surface area contributed by atoms with E-state index < -0.39 is 0 Å². The monoisotopic (exact) mass is 408 g/mol. The number of rotatable bonds is 6. The number of hydrogen-bond acceptors (Lipinski definition) is 4. The Morgan fingerprint density at radius 3 is 2.57 bits per heavy atom. The molecule has 3 atom stereocenters. The Balaban J connectivity index is 0.00000225. The van der Waals surface area contributed by atoms with Crippen molar-refractivity contribution in [3.05, 3.63) is 29.8 Å². The molecule has 3 unspecified atom stereocenters. The Labute approximate surface area is 176 Å². The number of methoxy groups -OCH3 is 1. The molecule has 5 heteroatoms. The van der Waals surface area contributed by atoms with Crippen LogP contribution in [0.3, 0.4) is 0 Å². The molecule has 0 bridgehead atoms. The number of halogens is 1. The fraction of sp³-hybridized carbons (Fsp3) is 0.739. The third kappa shape index (κ3) is 4.84. The maximum Gasteiger partial charge on any atom is 0.118 e. The van der Waals surface area contributed by atoms with E-state index in [-0.39, 0.29) is 17.8 Å². The van der Waals surface area contributed by atoms with Gasteiger partial charge < -0.3 is 20.1 Å². The van der Waals surface area contributed by atoms with Crippen LogP contribution in [0.2, 0.25) is 0 Å². The summed E-state index contributed by atoms with van der Waals surface area (Å²) in [6, 6.07) is 10.0. The molecule has 0 amide bonds. The van der Waals surface area contributed by atoms with Gasteiger partial charge in [0.05, 0.1) is 20.3 Å². The summed E-state index contributed by atoms with van der Waals surface area (Å²) in [6.07, 6.45) is 10.7. The van der Waals surface area contributed by atoms with E-state index in [1.807, 2.05) is 0 Å². The third-order valence-electron chi connectivity index (χ3n) is 7.25. The van der Waals surface area contributed by atoms with Gasteiger partial charge in [0.1, 0.15) is 5.75 Å². The minimum absolute atomic E-state index is 0. The molecule has 0 aromatic heterocycles. The van der Waals surface area contributed by atoms with Crippen LogP contribution in [0.5, 0.6) is 5.75 Å². The molecule has 4 nitrogen and oxygen atoms in total. The molecule has 28 heavy (non-hydrogen) atoms. The van der Waals surface area contributed by atoms with Gasteiger partial charge in [-0.1, -0.05) is 37.8 Å². The maximum atomic E-state index is 5.75. The standard InChI is InChI=1S/C23H36N2O2.ClH/c1-26-19-10-8-18(9-11-19)23(12-3-2-4-13-23)17-25-21-7-5-6-20(21)22-16-27-15-14-24-22;/h8-11,20-22,24-25H,2-7,12-17H2,1H3;1H. The lowest BCUT2D eigenvalue weighted by atomic mass is 9.69. The summed E-state index contributed by atoms with van der Waals surface area (Å²) in [5.74, 6) is 1.67. The third-order valence-corrected chi connectivity index (χ3v) is 7.25. The van der Waals surface area contributed by atoms with Gasteiger partial charge in [0.25, 0.3) is 0 Å². The second-order valence-electron chi connectivity index (χ2n) is 8.79. The first kappa shape index (κ1) is 21.9. The molecule has 1 saturated heterocycles. The highest BCUT2D eigenvalue weighted by molar-refractivity contribution is 5.85. The van der Waals surface area contributed by atoms with Crippen LogP contribution in [-0.2, 0) is 10.2 Å². The molecule has 1 heterocycles. The van der Waals surface area contributed by atoms with Crippen molar-refractivity contribution in [2.24, 2.45) is 5.92 Å². The largest absolute Gasteiger partial charge is 0.497 e. The van der Waals surface area contributed by atoms with Crippen LogP contribution in [0.1, 0.15) is 56.9 Å². The molecule has 2 aliphatic carbocycles. The van der Waals surface area contributed by atoms with Crippen molar-refractivity contribution in [1.29, 1.82) is 0 Å². The Bertz CT molecular complexity index is 583. The summed E-state index contributed by atoms with van der Waals surface area (Å²) in [5, 5.41) is 7.74. The zero-order valence-electron chi connectivity index (χ0n) is 17.3. The first-order valence-corrected chi connectivity index (χ1v) is 11.0. The fourth-order valence-corrected chi connectivity index (χ4v) is 5.65. The Hall–Kier alpha value is -0.810. The van der Waals surface area contributed by atoms with Crippen LogP contribution >= 0.6 is 12.4 Å². The normalized spacial score (nSPS) is 29.8. The van der Waals surface area contributed by atoms with Gasteiger partial charge in [0.15, 0.2) is 0 Å². The van der Waals surface area contributed by atoms with Crippen LogP contribution in [-0.4, -0.2) is 45.5 Å². The zero-order valence-corrected chi connectivity index (χ0v) is 18.1. The summed E-state index contributed by atoms with van der Waals surface area (Å²) < 4.78 is 11.1. The summed E-state index contributed by atoms with van der Waals surface area (Å²) in [5.41, 5.74) is 1.78. The van der Waals surface area contributed by atoms with Crippen LogP contribution in [0.25, 0.3) is 0 Å². The highest BCUT2D eigenvalue weighted by Gasteiger charge is 2.38. The van der Waals surface area contributed by atoms with E-state index >= 15 is 0 Å². The predicted octanol–water partition coefficient (Wildman–Crippen LogP) is 4.07. The second kappa shape index (κ2) is 10.3. The molecule has 1 aromatic rings. The lowest BCUT2D eigenvalue weighted by molar-refractivity contribution is 0.0518. The Kier molecular flexibility index (Phi) is 8.04. The summed E-state index contributed by atoms with van der Waals surface area (Å²) >= 11 is 0. The van der Waals surface area contributed by atoms with E-state index in [1.54, 1.807) is 7.11 Å². The molecule has 1 aliphatic heterocycles. The lowest BCUT2D eigenvalue weighted by Gasteiger charge is -2.40. The van der Waals surface area contributed by atoms with Crippen molar-refractivity contribution in [3.8, 4) is 5.75 Å². The number of hydrogen-bond donors (Lipinski definition) is 2. The molecule has 0 radical (unpaired) electrons. The van der Waals surface area contributed by atoms with Crippen LogP contribution in [0, 0.1) is 5.92 Å². The van der Waals surface area contributed by atoms with E-state index in [2.05, 4.69) is 34.9 Å². The average Bonchev–Trinajstić information content (AvgIpc) is 3.22. The molecule has 1 aromatic carbocycles. The van der Waals surface area contributed by atoms with Crippen molar-refractivity contribution < 1.29 is 9.47 Å². The van der Waals surface area contributed by atoms with Crippen molar-refractivity contribution in [2.75, 3.05) is 33.4 Å². The first-order chi connectivity index (χ1) is 13.3. The molecule has 0 spiro atoms. The van der Waals surface area contributed by atoms with Gasteiger partial charge in [-0.25, -0.2) is 0 Å². The van der Waals surface area contributed by atoms with E-state index in [0.717, 1.165) is 32.1 Å². The van der Waals surface area contributed by atoms with Crippen LogP contribution in [0.15, 0.2) is 24.3 Å². The van der Waals surface area contributed by atoms with E-state index in [9.17, 15) is 0 Å². The van der Waals surface area contributed by atoms with Crippen molar-refractivity contribution >= 4 is 12.4 Å². The SMILES string of the molecule is COc1ccc(C2(CNC3CCCC3C3COCCN3)CCCCC2)cc1.Cl. The number of nitrogens with one attached hydrogen (secondary N) is 2. The summed E-state index contributed by atoms with van der Waals surface area (Å²) in [4.78, 5) is 0. The smallest absolute Gasteiger partial charge is 0.118 e. The van der Waals surface area contributed by atoms with Crippen molar-refractivity contribution in [2.45, 2.75) is 68.9 Å². The molecule has 3 fully saturated rings. The minimum atomic E-state index is 0. The Morgan fingerprint density at radius 1 is 1.11 bits per heavy atom. The van der Waals surface area contributed by atoms with Crippen LogP contribution in [0.4, 0.5) is 0 Å². The van der Waals surface area contributed by atoms with Gasteiger partial charge in [-0.2, -0.15) is 0 Å². The van der Waals surface area contributed by atoms with Gasteiger partial charge in [0, 0.05) is 30.6 Å². The molecule has 3 aliphatic rings. The quantitative estimate of drug-likeness (QED) is 0.744. The zero-order chi connectivity index (χ0) is 18.5. The van der Waals surface area contributed by atoms with E-state index in [4.69, 9.17) is 9.47 Å². The van der Waals surface area contributed by atoms with E-state index in [0.29, 0.717) is 18.0 Å². The molecular formula is C23H37ClN2O2. The summed E-state index contributed by atoms with van der Waals surface area (Å²) in [6.45, 7) is 3.85. The van der Waals surface area contributed by atoms with Crippen LogP contribution < -0.4 is 15.4 Å². The summed E-state index contributed by atoms with van der Waals surface area (Å²) in [7, 11) is 1.75. The maximum absolute atomic E-state index is 5.75.